The molecular weight excluding hydrogens is 324 g/mol. The number of hydrogen-bond donors (Lipinski definition) is 0. The Hall–Kier alpha value is -2.82. The monoisotopic (exact) mass is 346 g/mol. The number of aliphatic imine (C=N–C) groups is 1. The molecule has 5 heteroatoms. The van der Waals surface area contributed by atoms with Crippen molar-refractivity contribution in [2.75, 3.05) is 4.90 Å². The Bertz CT molecular complexity index is 941. The van der Waals surface area contributed by atoms with E-state index in [1.807, 2.05) is 33.9 Å². The number of anilines is 2. The van der Waals surface area contributed by atoms with Crippen molar-refractivity contribution in [3.05, 3.63) is 59.2 Å². The average molecular weight is 346 g/mol. The van der Waals surface area contributed by atoms with E-state index >= 15 is 0 Å². The molecule has 1 aromatic heterocycles. The van der Waals surface area contributed by atoms with Crippen LogP contribution in [0.25, 0.3) is 0 Å². The first-order valence-corrected chi connectivity index (χ1v) is 8.86. The van der Waals surface area contributed by atoms with E-state index < -0.39 is 5.41 Å². The van der Waals surface area contributed by atoms with Gasteiger partial charge in [-0.2, -0.15) is 0 Å². The number of fused-ring (bicyclic) bond motifs is 1. The number of nitrogens with zero attached hydrogens (tertiary/aromatic N) is 4. The third-order valence-corrected chi connectivity index (χ3v) is 5.22. The highest BCUT2D eigenvalue weighted by Crippen LogP contribution is 2.45. The molecule has 3 heterocycles. The lowest BCUT2D eigenvalue weighted by atomic mass is 9.84. The summed E-state index contributed by atoms with van der Waals surface area (Å²) in [6.45, 7) is 7.82. The highest BCUT2D eigenvalue weighted by molar-refractivity contribution is 6.12. The second kappa shape index (κ2) is 5.87. The van der Waals surface area contributed by atoms with Crippen LogP contribution < -0.4 is 4.90 Å². The Morgan fingerprint density at radius 1 is 1.15 bits per heavy atom. The molecule has 0 spiro atoms. The maximum atomic E-state index is 13.1. The van der Waals surface area contributed by atoms with E-state index in [0.717, 1.165) is 34.6 Å². The third kappa shape index (κ3) is 2.55. The maximum Gasteiger partial charge on any atom is 0.242 e. The number of rotatable bonds is 2. The molecule has 2 aliphatic heterocycles. The Morgan fingerprint density at radius 2 is 1.96 bits per heavy atom. The molecule has 1 atom stereocenters. The Kier molecular flexibility index (Phi) is 3.75. The first-order chi connectivity index (χ1) is 12.4. The highest BCUT2D eigenvalue weighted by atomic mass is 16.2. The molecule has 0 fully saturated rings. The number of allylic oxidation sites excluding steroid dienone is 2. The highest BCUT2D eigenvalue weighted by Gasteiger charge is 2.45. The Balaban J connectivity index is 1.80. The van der Waals surface area contributed by atoms with E-state index in [2.05, 4.69) is 39.2 Å². The van der Waals surface area contributed by atoms with Gasteiger partial charge >= 0.3 is 0 Å². The van der Waals surface area contributed by atoms with Gasteiger partial charge in [-0.05, 0) is 51.3 Å². The molecule has 0 radical (unpaired) electrons. The quantitative estimate of drug-likeness (QED) is 0.819. The molecule has 0 saturated heterocycles. The van der Waals surface area contributed by atoms with Crippen LogP contribution in [-0.2, 0) is 10.2 Å². The van der Waals surface area contributed by atoms with Crippen molar-refractivity contribution in [2.24, 2.45) is 4.99 Å². The minimum Gasteiger partial charge on any atom is -0.273 e. The summed E-state index contributed by atoms with van der Waals surface area (Å²) in [5.74, 6) is 0.822. The fourth-order valence-electron chi connectivity index (χ4n) is 3.57. The molecular formula is C21H22N4O. The van der Waals surface area contributed by atoms with Crippen LogP contribution in [0, 0.1) is 6.92 Å². The van der Waals surface area contributed by atoms with Gasteiger partial charge in [0.2, 0.25) is 5.91 Å². The summed E-state index contributed by atoms with van der Waals surface area (Å²) in [6.07, 6.45) is 8.43. The van der Waals surface area contributed by atoms with Crippen LogP contribution in [0.4, 0.5) is 11.5 Å². The number of hydrogen-bond acceptors (Lipinski definition) is 4. The summed E-state index contributed by atoms with van der Waals surface area (Å²) in [6, 6.07) is 6.29. The van der Waals surface area contributed by atoms with Gasteiger partial charge in [0.1, 0.15) is 0 Å². The predicted molar refractivity (Wildman–Crippen MR) is 103 cm³/mol. The molecule has 1 aromatic carbocycles. The number of aromatic nitrogens is 2. The van der Waals surface area contributed by atoms with E-state index in [4.69, 9.17) is 0 Å². The Morgan fingerprint density at radius 3 is 2.62 bits per heavy atom. The van der Waals surface area contributed by atoms with Gasteiger partial charge in [-0.15, -0.1) is 0 Å². The molecule has 26 heavy (non-hydrogen) atoms. The van der Waals surface area contributed by atoms with Crippen molar-refractivity contribution in [3.8, 4) is 0 Å². The minimum absolute atomic E-state index is 0.0239. The lowest BCUT2D eigenvalue weighted by Gasteiger charge is -2.19. The standard InChI is InChI=1S/C21H22N4O/c1-13-5-6-16(11-22-13)15-7-8-17-18(9-15)25(20(26)21(17,3)4)19-12-23-14(2)10-24-19/h5,7-12,16H,6H2,1-4H3. The molecule has 2 aliphatic rings. The van der Waals surface area contributed by atoms with Crippen LogP contribution in [0.2, 0.25) is 0 Å². The fraction of sp³-hybridized carbons (Fsp3) is 0.333. The van der Waals surface area contributed by atoms with Gasteiger partial charge in [0, 0.05) is 17.8 Å². The summed E-state index contributed by atoms with van der Waals surface area (Å²) in [4.78, 5) is 28.0. The first kappa shape index (κ1) is 16.6. The van der Waals surface area contributed by atoms with Crippen LogP contribution in [0.5, 0.6) is 0 Å². The molecule has 0 aliphatic carbocycles. The summed E-state index contributed by atoms with van der Waals surface area (Å²) < 4.78 is 0. The SMILES string of the molecule is CC1=CCC(c2ccc3c(c2)N(c2cnc(C)cn2)C(=O)C3(C)C)C=N1. The number of carbonyl (C=O) groups excluding carboxylic acids is 1. The zero-order valence-electron chi connectivity index (χ0n) is 15.5. The van der Waals surface area contributed by atoms with Gasteiger partial charge in [0.15, 0.2) is 5.82 Å². The van der Waals surface area contributed by atoms with Gasteiger partial charge in [-0.3, -0.25) is 19.7 Å². The Labute approximate surface area is 153 Å². The number of aryl methyl sites for hydroxylation is 1. The number of benzene rings is 1. The number of amides is 1. The van der Waals surface area contributed by atoms with E-state index in [1.54, 1.807) is 17.3 Å². The summed E-state index contributed by atoms with van der Waals surface area (Å²) in [5, 5.41) is 0. The van der Waals surface area contributed by atoms with E-state index in [0.29, 0.717) is 5.82 Å². The van der Waals surface area contributed by atoms with Gasteiger partial charge in [0.25, 0.3) is 0 Å². The van der Waals surface area contributed by atoms with Crippen LogP contribution in [0.3, 0.4) is 0 Å². The molecule has 4 rings (SSSR count). The van der Waals surface area contributed by atoms with E-state index in [-0.39, 0.29) is 11.8 Å². The molecule has 0 saturated carbocycles. The average Bonchev–Trinajstić information content (AvgIpc) is 2.83. The summed E-state index contributed by atoms with van der Waals surface area (Å²) >= 11 is 0. The van der Waals surface area contributed by atoms with Crippen LogP contribution in [-0.4, -0.2) is 22.1 Å². The van der Waals surface area contributed by atoms with Crippen molar-refractivity contribution in [2.45, 2.75) is 45.4 Å². The molecule has 5 nitrogen and oxygen atoms in total. The largest absolute Gasteiger partial charge is 0.273 e. The van der Waals surface area contributed by atoms with Gasteiger partial charge in [-0.1, -0.05) is 18.2 Å². The normalized spacial score (nSPS) is 20.9. The minimum atomic E-state index is -0.586. The lowest BCUT2D eigenvalue weighted by Crippen LogP contribution is -2.33. The second-order valence-electron chi connectivity index (χ2n) is 7.52. The van der Waals surface area contributed by atoms with Crippen molar-refractivity contribution < 1.29 is 4.79 Å². The third-order valence-electron chi connectivity index (χ3n) is 5.22. The van der Waals surface area contributed by atoms with Crippen LogP contribution in [0.15, 0.2) is 47.4 Å². The van der Waals surface area contributed by atoms with Crippen molar-refractivity contribution in [1.29, 1.82) is 0 Å². The van der Waals surface area contributed by atoms with Crippen molar-refractivity contribution in [3.63, 3.8) is 0 Å². The van der Waals surface area contributed by atoms with Crippen molar-refractivity contribution >= 4 is 23.6 Å². The number of carbonyl (C=O) groups is 1. The van der Waals surface area contributed by atoms with Gasteiger partial charge < -0.3 is 0 Å². The van der Waals surface area contributed by atoms with Gasteiger partial charge in [-0.25, -0.2) is 4.98 Å². The molecule has 2 aromatic rings. The van der Waals surface area contributed by atoms with Gasteiger partial charge in [0.05, 0.1) is 29.2 Å². The molecule has 0 bridgehead atoms. The predicted octanol–water partition coefficient (Wildman–Crippen LogP) is 4.20. The summed E-state index contributed by atoms with van der Waals surface area (Å²) in [5.41, 5.74) is 4.37. The van der Waals surface area contributed by atoms with Crippen LogP contribution in [0.1, 0.15) is 49.9 Å². The lowest BCUT2D eigenvalue weighted by molar-refractivity contribution is -0.121. The first-order valence-electron chi connectivity index (χ1n) is 8.86. The molecule has 132 valence electrons. The second-order valence-corrected chi connectivity index (χ2v) is 7.52. The van der Waals surface area contributed by atoms with Crippen molar-refractivity contribution in [1.82, 2.24) is 9.97 Å². The molecule has 1 amide bonds. The smallest absolute Gasteiger partial charge is 0.242 e. The van der Waals surface area contributed by atoms with Crippen LogP contribution >= 0.6 is 0 Å². The topological polar surface area (TPSA) is 58.5 Å². The zero-order chi connectivity index (χ0) is 18.5. The zero-order valence-corrected chi connectivity index (χ0v) is 15.5. The summed E-state index contributed by atoms with van der Waals surface area (Å²) in [7, 11) is 0. The van der Waals surface area contributed by atoms with E-state index in [9.17, 15) is 4.79 Å². The molecule has 1 unspecified atom stereocenters. The fourth-order valence-corrected chi connectivity index (χ4v) is 3.57. The van der Waals surface area contributed by atoms with E-state index in [1.165, 1.54) is 0 Å². The maximum absolute atomic E-state index is 13.1. The molecule has 0 N–H and O–H groups in total.